The number of rotatable bonds is 3. The van der Waals surface area contributed by atoms with Crippen molar-refractivity contribution >= 4 is 51.6 Å². The molecule has 1 radical (unpaired) electrons. The summed E-state index contributed by atoms with van der Waals surface area (Å²) in [4.78, 5) is 14.8. The number of nitrogens with zero attached hydrogens (tertiary/aromatic N) is 2. The summed E-state index contributed by atoms with van der Waals surface area (Å²) in [6.45, 7) is 10.0. The molecule has 0 fully saturated rings. The summed E-state index contributed by atoms with van der Waals surface area (Å²) >= 11 is 0. The molecule has 0 amide bonds. The van der Waals surface area contributed by atoms with Crippen LogP contribution in [0.4, 0.5) is 0 Å². The van der Waals surface area contributed by atoms with Gasteiger partial charge in [0.1, 0.15) is 5.82 Å². The van der Waals surface area contributed by atoms with Crippen molar-refractivity contribution in [2.45, 2.75) is 33.5 Å². The van der Waals surface area contributed by atoms with Crippen LogP contribution < -0.4 is 5.19 Å². The SMILES string of the molecule is CC(=O)/C=C(/C)O.C[Si](C)(C)c1ccc2ccnc(-n3c4[c-]cccc4c4ccccc43)c2c1.[Ir]. The number of allylic oxidation sites excluding steroid dienone is 2. The summed E-state index contributed by atoms with van der Waals surface area (Å²) in [5.74, 6) is 0.925. The summed E-state index contributed by atoms with van der Waals surface area (Å²) in [6, 6.07) is 27.2. The number of carbonyl (C=O) groups excluding carboxylic acids is 1. The number of hydrogen-bond acceptors (Lipinski definition) is 3. The molecule has 1 N–H and O–H groups in total. The first kappa shape index (κ1) is 26.5. The van der Waals surface area contributed by atoms with Crippen molar-refractivity contribution in [3.05, 3.63) is 90.8 Å². The van der Waals surface area contributed by atoms with E-state index in [0.717, 1.165) is 11.3 Å². The number of pyridine rings is 1. The Labute approximate surface area is 220 Å². The molecule has 0 unspecified atom stereocenters. The van der Waals surface area contributed by atoms with Crippen molar-refractivity contribution < 1.29 is 30.0 Å². The predicted molar refractivity (Wildman–Crippen MR) is 145 cm³/mol. The van der Waals surface area contributed by atoms with E-state index in [1.54, 1.807) is 0 Å². The van der Waals surface area contributed by atoms with E-state index < -0.39 is 8.07 Å². The fraction of sp³-hybridized carbons (Fsp3) is 0.172. The molecule has 181 valence electrons. The molecular formula is C29H29IrN2O2Si-. The zero-order chi connectivity index (χ0) is 24.5. The Morgan fingerprint density at radius 2 is 1.69 bits per heavy atom. The first-order valence-electron chi connectivity index (χ1n) is 11.3. The second-order valence-electron chi connectivity index (χ2n) is 9.50. The average molecular weight is 658 g/mol. The number of para-hydroxylation sites is 2. The van der Waals surface area contributed by atoms with Crippen molar-refractivity contribution in [3.63, 3.8) is 0 Å². The van der Waals surface area contributed by atoms with Gasteiger partial charge in [0, 0.05) is 43.3 Å². The Morgan fingerprint density at radius 3 is 2.34 bits per heavy atom. The summed E-state index contributed by atoms with van der Waals surface area (Å²) in [7, 11) is -1.41. The number of hydrogen-bond donors (Lipinski definition) is 1. The fourth-order valence-electron chi connectivity index (χ4n) is 4.16. The van der Waals surface area contributed by atoms with Gasteiger partial charge in [0.2, 0.25) is 0 Å². The molecule has 35 heavy (non-hydrogen) atoms. The summed E-state index contributed by atoms with van der Waals surface area (Å²) in [5, 5.41) is 14.7. The van der Waals surface area contributed by atoms with Gasteiger partial charge < -0.3 is 9.67 Å². The first-order valence-corrected chi connectivity index (χ1v) is 14.8. The van der Waals surface area contributed by atoms with E-state index in [4.69, 9.17) is 10.1 Å². The largest absolute Gasteiger partial charge is 0.512 e. The van der Waals surface area contributed by atoms with E-state index in [0.29, 0.717) is 0 Å². The second-order valence-corrected chi connectivity index (χ2v) is 14.6. The molecule has 0 spiro atoms. The molecule has 2 aromatic heterocycles. The smallest absolute Gasteiger partial charge is 0.155 e. The van der Waals surface area contributed by atoms with Gasteiger partial charge in [-0.25, -0.2) is 4.98 Å². The Kier molecular flexibility index (Phi) is 8.11. The van der Waals surface area contributed by atoms with E-state index in [2.05, 4.69) is 90.9 Å². The van der Waals surface area contributed by atoms with Gasteiger partial charge in [-0.2, -0.15) is 24.3 Å². The third-order valence-corrected chi connectivity index (χ3v) is 7.77. The van der Waals surface area contributed by atoms with Crippen LogP contribution in [0.5, 0.6) is 0 Å². The fourth-order valence-corrected chi connectivity index (χ4v) is 5.32. The Morgan fingerprint density at radius 1 is 0.971 bits per heavy atom. The van der Waals surface area contributed by atoms with Crippen molar-refractivity contribution in [1.82, 2.24) is 9.55 Å². The van der Waals surface area contributed by atoms with Crippen LogP contribution in [0.25, 0.3) is 38.4 Å². The number of carbonyl (C=O) groups is 1. The molecule has 0 aliphatic rings. The number of benzene rings is 3. The van der Waals surface area contributed by atoms with E-state index in [-0.39, 0.29) is 31.6 Å². The maximum Gasteiger partial charge on any atom is 0.155 e. The van der Waals surface area contributed by atoms with Gasteiger partial charge in [0.05, 0.1) is 13.8 Å². The zero-order valence-corrected chi connectivity index (χ0v) is 24.0. The third kappa shape index (κ3) is 5.62. The van der Waals surface area contributed by atoms with Gasteiger partial charge in [-0.3, -0.25) is 4.79 Å². The van der Waals surface area contributed by atoms with Gasteiger partial charge in [-0.05, 0) is 36.8 Å². The molecule has 6 heteroatoms. The van der Waals surface area contributed by atoms with Gasteiger partial charge >= 0.3 is 0 Å². The van der Waals surface area contributed by atoms with E-state index >= 15 is 0 Å². The van der Waals surface area contributed by atoms with Crippen LogP contribution in [-0.2, 0) is 24.9 Å². The number of aromatic nitrogens is 2. The predicted octanol–water partition coefficient (Wildman–Crippen LogP) is 6.71. The molecule has 3 aromatic carbocycles. The van der Waals surface area contributed by atoms with E-state index in [1.165, 1.54) is 52.2 Å². The monoisotopic (exact) mass is 658 g/mol. The summed E-state index contributed by atoms with van der Waals surface area (Å²) in [6.07, 6.45) is 3.08. The second kappa shape index (κ2) is 10.7. The maximum absolute atomic E-state index is 10.0. The molecule has 0 saturated carbocycles. The molecule has 2 heterocycles. The minimum Gasteiger partial charge on any atom is -0.512 e. The van der Waals surface area contributed by atoms with Crippen LogP contribution in [0, 0.1) is 6.07 Å². The molecule has 0 aliphatic carbocycles. The summed E-state index contributed by atoms with van der Waals surface area (Å²) < 4.78 is 2.26. The number of aliphatic hydroxyl groups excluding tert-OH is 1. The Bertz CT molecular complexity index is 1490. The van der Waals surface area contributed by atoms with Gasteiger partial charge in [-0.1, -0.05) is 66.7 Å². The van der Waals surface area contributed by atoms with Crippen LogP contribution in [0.15, 0.2) is 84.8 Å². The quantitative estimate of drug-likeness (QED) is 0.102. The molecule has 5 rings (SSSR count). The van der Waals surface area contributed by atoms with Crippen LogP contribution in [-0.4, -0.2) is 28.5 Å². The average Bonchev–Trinajstić information content (AvgIpc) is 3.11. The number of aliphatic hydroxyl groups is 1. The minimum absolute atomic E-state index is 0. The standard InChI is InChI=1S/C24H21N2Si.C5H8O2.Ir/c1-27(2,3)18-13-12-17-14-15-25-24(21(17)16-18)26-22-10-6-4-8-19(22)20-9-5-7-11-23(20)26;1-4(6)3-5(2)7;/h4-10,12-16H,1-3H3;3,6H,1-2H3;/q-1;;/b;4-3-;. The molecule has 5 aromatic rings. The van der Waals surface area contributed by atoms with Crippen molar-refractivity contribution in [3.8, 4) is 5.82 Å². The number of ketones is 1. The van der Waals surface area contributed by atoms with Crippen molar-refractivity contribution in [2.75, 3.05) is 0 Å². The molecule has 0 aliphatic heterocycles. The van der Waals surface area contributed by atoms with Gasteiger partial charge in [-0.15, -0.1) is 5.39 Å². The molecule has 0 bridgehead atoms. The molecule has 0 atom stereocenters. The van der Waals surface area contributed by atoms with Crippen LogP contribution in [0.3, 0.4) is 0 Å². The van der Waals surface area contributed by atoms with Crippen molar-refractivity contribution in [1.29, 1.82) is 0 Å². The van der Waals surface area contributed by atoms with Gasteiger partial charge in [0.25, 0.3) is 0 Å². The zero-order valence-electron chi connectivity index (χ0n) is 20.6. The third-order valence-electron chi connectivity index (χ3n) is 5.73. The first-order chi connectivity index (χ1) is 16.2. The molecule has 4 nitrogen and oxygen atoms in total. The molecular weight excluding hydrogens is 629 g/mol. The van der Waals surface area contributed by atoms with Crippen LogP contribution >= 0.6 is 0 Å². The van der Waals surface area contributed by atoms with Crippen LogP contribution in [0.1, 0.15) is 13.8 Å². The normalized spacial score (nSPS) is 11.7. The number of fused-ring (bicyclic) bond motifs is 4. The Balaban J connectivity index is 0.000000378. The van der Waals surface area contributed by atoms with Crippen LogP contribution in [0.2, 0.25) is 19.6 Å². The molecule has 0 saturated heterocycles. The van der Waals surface area contributed by atoms with Gasteiger partial charge in [0.15, 0.2) is 5.78 Å². The maximum atomic E-state index is 10.0. The van der Waals surface area contributed by atoms with E-state index in [9.17, 15) is 4.79 Å². The Hall–Kier alpha value is -3.05. The summed E-state index contributed by atoms with van der Waals surface area (Å²) in [5.41, 5.74) is 2.26. The van der Waals surface area contributed by atoms with Crippen molar-refractivity contribution in [2.24, 2.45) is 0 Å². The van der Waals surface area contributed by atoms with E-state index in [1.807, 2.05) is 12.3 Å². The topological polar surface area (TPSA) is 55.1 Å². The minimum atomic E-state index is -1.41.